The van der Waals surface area contributed by atoms with E-state index in [-0.39, 0.29) is 18.4 Å². The molecule has 0 aliphatic heterocycles. The first kappa shape index (κ1) is 18.4. The predicted octanol–water partition coefficient (Wildman–Crippen LogP) is -0.453. The molecule has 0 saturated heterocycles. The quantitative estimate of drug-likeness (QED) is 0.649. The topological polar surface area (TPSA) is 63.1 Å². The Hall–Kier alpha value is -1.60. The molecule has 2 N–H and O–H groups in total. The number of amides is 2. The van der Waals surface area contributed by atoms with E-state index in [4.69, 9.17) is 4.74 Å². The van der Waals surface area contributed by atoms with Crippen LogP contribution in [0.2, 0.25) is 0 Å². The van der Waals surface area contributed by atoms with Crippen LogP contribution in [0.4, 0.5) is 0 Å². The van der Waals surface area contributed by atoms with Gasteiger partial charge in [0.1, 0.15) is 18.9 Å². The highest BCUT2D eigenvalue weighted by molar-refractivity contribution is 9.10. The molecule has 0 fully saturated rings. The van der Waals surface area contributed by atoms with Crippen LogP contribution in [0.15, 0.2) is 28.7 Å². The van der Waals surface area contributed by atoms with E-state index in [1.54, 1.807) is 14.1 Å². The van der Waals surface area contributed by atoms with Gasteiger partial charge in [-0.05, 0) is 24.3 Å². The molecule has 2 amide bonds. The van der Waals surface area contributed by atoms with Gasteiger partial charge in [-0.2, -0.15) is 0 Å². The first-order valence-electron chi connectivity index (χ1n) is 7.06. The average Bonchev–Trinajstić information content (AvgIpc) is 2.49. The van der Waals surface area contributed by atoms with Crippen molar-refractivity contribution in [3.63, 3.8) is 0 Å². The number of carbonyl (C=O) groups excluding carboxylic acids is 2. The summed E-state index contributed by atoms with van der Waals surface area (Å²) in [5, 5.41) is 2.50. The lowest BCUT2D eigenvalue weighted by atomic mass is 10.3. The lowest BCUT2D eigenvalue weighted by Gasteiger charge is -2.19. The number of rotatable bonds is 8. The van der Waals surface area contributed by atoms with E-state index in [9.17, 15) is 9.59 Å². The number of carbonyl (C=O) groups is 2. The molecule has 0 bridgehead atoms. The van der Waals surface area contributed by atoms with Gasteiger partial charge in [0.05, 0.1) is 13.6 Å². The fraction of sp³-hybridized carbons (Fsp3) is 0.467. The van der Waals surface area contributed by atoms with E-state index in [0.717, 1.165) is 15.1 Å². The molecule has 1 aromatic rings. The molecule has 0 heterocycles. The molecule has 122 valence electrons. The molecule has 0 radical (unpaired) electrons. The van der Waals surface area contributed by atoms with Gasteiger partial charge in [-0.25, -0.2) is 0 Å². The average molecular weight is 373 g/mol. The number of nitrogens with zero attached hydrogens (tertiary/aromatic N) is 1. The largest absolute Gasteiger partial charge is 0.488 e. The summed E-state index contributed by atoms with van der Waals surface area (Å²) in [5.74, 6) is 0.566. The zero-order valence-electron chi connectivity index (χ0n) is 13.2. The van der Waals surface area contributed by atoms with Gasteiger partial charge in [-0.3, -0.25) is 9.59 Å². The van der Waals surface area contributed by atoms with Gasteiger partial charge in [-0.1, -0.05) is 15.9 Å². The van der Waals surface area contributed by atoms with Crippen molar-refractivity contribution < 1.29 is 19.2 Å². The zero-order valence-corrected chi connectivity index (χ0v) is 14.8. The van der Waals surface area contributed by atoms with Crippen LogP contribution in [0.25, 0.3) is 0 Å². The Labute approximate surface area is 139 Å². The summed E-state index contributed by atoms with van der Waals surface area (Å²) in [6, 6.07) is 7.62. The summed E-state index contributed by atoms with van der Waals surface area (Å²) in [4.78, 5) is 25.6. The Morgan fingerprint density at radius 1 is 1.32 bits per heavy atom. The lowest BCUT2D eigenvalue weighted by molar-refractivity contribution is -0.871. The molecule has 1 unspecified atom stereocenters. The smallest absolute Gasteiger partial charge is 0.277 e. The Morgan fingerprint density at radius 3 is 2.55 bits per heavy atom. The molecule has 1 rings (SSSR count). The molecule has 0 saturated carbocycles. The van der Waals surface area contributed by atoms with Crippen LogP contribution < -0.4 is 15.0 Å². The molecule has 0 aliphatic rings. The van der Waals surface area contributed by atoms with Crippen LogP contribution in [0.5, 0.6) is 5.75 Å². The van der Waals surface area contributed by atoms with Crippen LogP contribution >= 0.6 is 15.9 Å². The van der Waals surface area contributed by atoms with Crippen LogP contribution in [0, 0.1) is 0 Å². The number of nitrogens with one attached hydrogen (secondary N) is 2. The number of halogens is 1. The summed E-state index contributed by atoms with van der Waals surface area (Å²) >= 11 is 3.37. The van der Waals surface area contributed by atoms with E-state index >= 15 is 0 Å². The van der Waals surface area contributed by atoms with E-state index < -0.39 is 0 Å². The standard InChI is InChI=1S/C15H22BrN3O3/c1-17-14(20)10-19(3)15(21)11-18(2)8-9-22-13-6-4-12(16)5-7-13/h4-7H,8-11H2,1-3H3,(H,17,20)/p+1. The maximum absolute atomic E-state index is 12.0. The fourth-order valence-electron chi connectivity index (χ4n) is 1.74. The minimum atomic E-state index is -0.174. The summed E-state index contributed by atoms with van der Waals surface area (Å²) in [6.07, 6.45) is 0. The Kier molecular flexibility index (Phi) is 7.90. The molecule has 0 spiro atoms. The molecule has 0 aliphatic carbocycles. The maximum Gasteiger partial charge on any atom is 0.277 e. The highest BCUT2D eigenvalue weighted by Crippen LogP contribution is 2.15. The second-order valence-corrected chi connectivity index (χ2v) is 6.02. The third kappa shape index (κ3) is 6.91. The number of likely N-dealkylation sites (N-methyl/N-ethyl adjacent to an activating group) is 3. The number of ether oxygens (including phenoxy) is 1. The predicted molar refractivity (Wildman–Crippen MR) is 88.0 cm³/mol. The SMILES string of the molecule is CNC(=O)CN(C)C(=O)C[NH+](C)CCOc1ccc(Br)cc1. The lowest BCUT2D eigenvalue weighted by Crippen LogP contribution is -3.10. The molecule has 22 heavy (non-hydrogen) atoms. The third-order valence-electron chi connectivity index (χ3n) is 3.15. The molecule has 6 nitrogen and oxygen atoms in total. The monoisotopic (exact) mass is 372 g/mol. The van der Waals surface area contributed by atoms with Crippen LogP contribution in [-0.4, -0.2) is 64.1 Å². The number of quaternary nitrogens is 1. The maximum atomic E-state index is 12.0. The van der Waals surface area contributed by atoms with Crippen molar-refractivity contribution in [3.8, 4) is 5.75 Å². The van der Waals surface area contributed by atoms with Gasteiger partial charge in [0.2, 0.25) is 5.91 Å². The Bertz CT molecular complexity index is 493. The summed E-state index contributed by atoms with van der Waals surface area (Å²) < 4.78 is 6.63. The first-order valence-corrected chi connectivity index (χ1v) is 7.86. The summed E-state index contributed by atoms with van der Waals surface area (Å²) in [5.41, 5.74) is 0. The van der Waals surface area contributed by atoms with Crippen molar-refractivity contribution in [1.82, 2.24) is 10.2 Å². The van der Waals surface area contributed by atoms with E-state index in [2.05, 4.69) is 21.2 Å². The van der Waals surface area contributed by atoms with E-state index in [0.29, 0.717) is 19.7 Å². The number of hydrogen-bond donors (Lipinski definition) is 2. The molecular formula is C15H23BrN3O3+. The van der Waals surface area contributed by atoms with Crippen molar-refractivity contribution in [2.75, 3.05) is 47.4 Å². The van der Waals surface area contributed by atoms with Crippen molar-refractivity contribution >= 4 is 27.7 Å². The normalized spacial score (nSPS) is 11.6. The second kappa shape index (κ2) is 9.42. The highest BCUT2D eigenvalue weighted by atomic mass is 79.9. The van der Waals surface area contributed by atoms with Gasteiger partial charge in [-0.15, -0.1) is 0 Å². The molecule has 1 aromatic carbocycles. The Morgan fingerprint density at radius 2 is 1.95 bits per heavy atom. The molecule has 1 atom stereocenters. The molecular weight excluding hydrogens is 350 g/mol. The van der Waals surface area contributed by atoms with Gasteiger partial charge in [0.25, 0.3) is 5.91 Å². The molecule has 0 aromatic heterocycles. The van der Waals surface area contributed by atoms with Crippen LogP contribution in [0.3, 0.4) is 0 Å². The van der Waals surface area contributed by atoms with Crippen molar-refractivity contribution in [1.29, 1.82) is 0 Å². The van der Waals surface area contributed by atoms with E-state index in [1.165, 1.54) is 4.90 Å². The minimum Gasteiger partial charge on any atom is -0.488 e. The highest BCUT2D eigenvalue weighted by Gasteiger charge is 2.16. The van der Waals surface area contributed by atoms with Crippen LogP contribution in [-0.2, 0) is 9.59 Å². The van der Waals surface area contributed by atoms with Crippen LogP contribution in [0.1, 0.15) is 0 Å². The summed E-state index contributed by atoms with van der Waals surface area (Å²) in [7, 11) is 5.11. The summed E-state index contributed by atoms with van der Waals surface area (Å²) in [6.45, 7) is 1.64. The minimum absolute atomic E-state index is 0.0651. The second-order valence-electron chi connectivity index (χ2n) is 5.11. The third-order valence-corrected chi connectivity index (χ3v) is 3.68. The van der Waals surface area contributed by atoms with Gasteiger partial charge in [0.15, 0.2) is 6.54 Å². The van der Waals surface area contributed by atoms with E-state index in [1.807, 2.05) is 31.3 Å². The van der Waals surface area contributed by atoms with Crippen molar-refractivity contribution in [2.24, 2.45) is 0 Å². The number of hydrogen-bond acceptors (Lipinski definition) is 3. The zero-order chi connectivity index (χ0) is 16.5. The van der Waals surface area contributed by atoms with Gasteiger partial charge in [0, 0.05) is 18.6 Å². The number of benzene rings is 1. The first-order chi connectivity index (χ1) is 10.4. The fourth-order valence-corrected chi connectivity index (χ4v) is 2.00. The Balaban J connectivity index is 2.27. The van der Waals surface area contributed by atoms with Crippen molar-refractivity contribution in [3.05, 3.63) is 28.7 Å². The van der Waals surface area contributed by atoms with Gasteiger partial charge < -0.3 is 19.9 Å². The van der Waals surface area contributed by atoms with Gasteiger partial charge >= 0.3 is 0 Å². The molecule has 7 heteroatoms. The van der Waals surface area contributed by atoms with Crippen molar-refractivity contribution in [2.45, 2.75) is 0 Å².